The Hall–Kier alpha value is -0.870. The van der Waals surface area contributed by atoms with E-state index in [1.165, 1.54) is 24.0 Å². The number of hydrogen-bond donors (Lipinski definition) is 2. The molecule has 0 fully saturated rings. The minimum absolute atomic E-state index is 0.681. The molecule has 86 valence electrons. The lowest BCUT2D eigenvalue weighted by Gasteiger charge is -2.19. The van der Waals surface area contributed by atoms with Crippen molar-refractivity contribution in [1.82, 2.24) is 0 Å². The van der Waals surface area contributed by atoms with E-state index in [-0.39, 0.29) is 0 Å². The van der Waals surface area contributed by atoms with Crippen LogP contribution < -0.4 is 5.73 Å². The monoisotopic (exact) mass is 283 g/mol. The second-order valence-electron chi connectivity index (χ2n) is 4.16. The predicted octanol–water partition coefficient (Wildman–Crippen LogP) is 2.41. The number of halogens is 1. The molecular weight excluding hydrogens is 270 g/mol. The van der Waals surface area contributed by atoms with Crippen LogP contribution in [0.4, 0.5) is 0 Å². The van der Waals surface area contributed by atoms with Crippen molar-refractivity contribution in [2.45, 2.75) is 31.7 Å². The Bertz CT molecular complexity index is 431. The van der Waals surface area contributed by atoms with E-state index in [1.807, 2.05) is 12.1 Å². The molecule has 4 heteroatoms. The van der Waals surface area contributed by atoms with Gasteiger partial charge in [-0.25, -0.2) is 0 Å². The summed E-state index contributed by atoms with van der Waals surface area (Å²) in [5.41, 5.74) is 8.86. The Kier molecular flexibility index (Phi) is 3.30. The zero-order valence-corrected chi connectivity index (χ0v) is 10.5. The van der Waals surface area contributed by atoms with Gasteiger partial charge in [0.2, 0.25) is 0 Å². The van der Waals surface area contributed by atoms with Crippen LogP contribution in [-0.4, -0.2) is 11.1 Å². The maximum Gasteiger partial charge on any atom is 0.325 e. The predicted molar refractivity (Wildman–Crippen MR) is 65.3 cm³/mol. The highest BCUT2D eigenvalue weighted by Gasteiger charge is 2.19. The van der Waals surface area contributed by atoms with Gasteiger partial charge in [0, 0.05) is 4.47 Å². The molecule has 1 atom stereocenters. The average molecular weight is 284 g/mol. The van der Waals surface area contributed by atoms with Crippen LogP contribution in [0.3, 0.4) is 0 Å². The summed E-state index contributed by atoms with van der Waals surface area (Å²) in [4.78, 5) is 10.8. The summed E-state index contributed by atoms with van der Waals surface area (Å²) in [5.74, 6) is -0.984. The first-order valence-corrected chi connectivity index (χ1v) is 6.18. The number of aryl methyl sites for hydroxylation is 1. The van der Waals surface area contributed by atoms with Crippen molar-refractivity contribution in [2.75, 3.05) is 0 Å². The number of carboxylic acid groups (broad SMARTS) is 1. The molecule has 1 aliphatic carbocycles. The lowest BCUT2D eigenvalue weighted by atomic mass is 9.89. The molecule has 0 heterocycles. The molecule has 0 saturated carbocycles. The van der Waals surface area contributed by atoms with E-state index in [4.69, 9.17) is 10.8 Å². The molecule has 2 rings (SSSR count). The van der Waals surface area contributed by atoms with E-state index in [1.54, 1.807) is 0 Å². The summed E-state index contributed by atoms with van der Waals surface area (Å²) < 4.78 is 0.997. The fourth-order valence-corrected chi connectivity index (χ4v) is 2.88. The van der Waals surface area contributed by atoms with E-state index in [0.717, 1.165) is 17.3 Å². The number of rotatable bonds is 2. The Balaban J connectivity index is 2.42. The number of aliphatic carboxylic acids is 1. The molecule has 1 unspecified atom stereocenters. The standard InChI is InChI=1S/C12H14BrNO2/c13-10-6-8(11(14)12(15)16)5-7-3-1-2-4-9(7)10/h5-6,11H,1-4,14H2,(H,15,16). The van der Waals surface area contributed by atoms with Gasteiger partial charge < -0.3 is 10.8 Å². The van der Waals surface area contributed by atoms with Gasteiger partial charge in [0.15, 0.2) is 0 Å². The Morgan fingerprint density at radius 2 is 2.06 bits per heavy atom. The van der Waals surface area contributed by atoms with Gasteiger partial charge in [0.1, 0.15) is 6.04 Å². The first kappa shape index (κ1) is 11.6. The number of hydrogen-bond acceptors (Lipinski definition) is 2. The van der Waals surface area contributed by atoms with Crippen LogP contribution in [0.5, 0.6) is 0 Å². The van der Waals surface area contributed by atoms with Crippen molar-refractivity contribution in [3.63, 3.8) is 0 Å². The fourth-order valence-electron chi connectivity index (χ4n) is 2.16. The summed E-state index contributed by atoms with van der Waals surface area (Å²) >= 11 is 3.50. The van der Waals surface area contributed by atoms with Crippen molar-refractivity contribution in [1.29, 1.82) is 0 Å². The van der Waals surface area contributed by atoms with E-state index in [2.05, 4.69) is 15.9 Å². The van der Waals surface area contributed by atoms with Crippen LogP contribution in [0.15, 0.2) is 16.6 Å². The van der Waals surface area contributed by atoms with Crippen molar-refractivity contribution in [3.8, 4) is 0 Å². The summed E-state index contributed by atoms with van der Waals surface area (Å²) in [7, 11) is 0. The van der Waals surface area contributed by atoms with Crippen molar-refractivity contribution in [2.24, 2.45) is 5.73 Å². The van der Waals surface area contributed by atoms with Crippen LogP contribution in [0, 0.1) is 0 Å². The first-order valence-electron chi connectivity index (χ1n) is 5.39. The van der Waals surface area contributed by atoms with Gasteiger partial charge >= 0.3 is 5.97 Å². The van der Waals surface area contributed by atoms with Crippen LogP contribution in [0.1, 0.15) is 35.6 Å². The molecule has 0 aliphatic heterocycles. The number of benzene rings is 1. The molecule has 0 spiro atoms. The fraction of sp³-hybridized carbons (Fsp3) is 0.417. The molecule has 1 aromatic carbocycles. The smallest absolute Gasteiger partial charge is 0.325 e. The quantitative estimate of drug-likeness (QED) is 0.876. The van der Waals surface area contributed by atoms with Crippen LogP contribution in [0.25, 0.3) is 0 Å². The molecule has 0 saturated heterocycles. The SMILES string of the molecule is NC(C(=O)O)c1cc(Br)c2c(c1)CCCC2. The highest BCUT2D eigenvalue weighted by atomic mass is 79.9. The van der Waals surface area contributed by atoms with E-state index in [9.17, 15) is 4.79 Å². The molecule has 0 amide bonds. The van der Waals surface area contributed by atoms with Crippen LogP contribution in [-0.2, 0) is 17.6 Å². The van der Waals surface area contributed by atoms with Crippen LogP contribution >= 0.6 is 15.9 Å². The Labute approximate surface area is 103 Å². The second kappa shape index (κ2) is 4.55. The first-order chi connectivity index (χ1) is 7.59. The number of carboxylic acids is 1. The lowest BCUT2D eigenvalue weighted by molar-refractivity contribution is -0.138. The molecule has 1 aromatic rings. The number of fused-ring (bicyclic) bond motifs is 1. The third-order valence-electron chi connectivity index (χ3n) is 3.06. The molecule has 0 bridgehead atoms. The van der Waals surface area contributed by atoms with E-state index in [0.29, 0.717) is 5.56 Å². The average Bonchev–Trinajstić information content (AvgIpc) is 2.28. The molecule has 0 aromatic heterocycles. The largest absolute Gasteiger partial charge is 0.480 e. The van der Waals surface area contributed by atoms with Gasteiger partial charge in [0.25, 0.3) is 0 Å². The van der Waals surface area contributed by atoms with Gasteiger partial charge in [-0.05, 0) is 48.4 Å². The van der Waals surface area contributed by atoms with Crippen molar-refractivity contribution < 1.29 is 9.90 Å². The van der Waals surface area contributed by atoms with Gasteiger partial charge in [-0.1, -0.05) is 22.0 Å². The van der Waals surface area contributed by atoms with E-state index >= 15 is 0 Å². The van der Waals surface area contributed by atoms with Crippen molar-refractivity contribution in [3.05, 3.63) is 33.3 Å². The summed E-state index contributed by atoms with van der Waals surface area (Å²) in [6, 6.07) is 2.85. The highest BCUT2D eigenvalue weighted by molar-refractivity contribution is 9.10. The summed E-state index contributed by atoms with van der Waals surface area (Å²) in [6.07, 6.45) is 4.47. The van der Waals surface area contributed by atoms with E-state index < -0.39 is 12.0 Å². The third-order valence-corrected chi connectivity index (χ3v) is 3.77. The summed E-state index contributed by atoms with van der Waals surface area (Å²) in [6.45, 7) is 0. The molecule has 16 heavy (non-hydrogen) atoms. The highest BCUT2D eigenvalue weighted by Crippen LogP contribution is 2.31. The molecule has 3 nitrogen and oxygen atoms in total. The normalized spacial score (nSPS) is 16.6. The van der Waals surface area contributed by atoms with Crippen LogP contribution in [0.2, 0.25) is 0 Å². The molecule has 0 radical (unpaired) electrons. The maximum atomic E-state index is 10.8. The zero-order valence-electron chi connectivity index (χ0n) is 8.87. The van der Waals surface area contributed by atoms with Gasteiger partial charge in [-0.3, -0.25) is 4.79 Å². The van der Waals surface area contributed by atoms with Gasteiger partial charge in [-0.15, -0.1) is 0 Å². The van der Waals surface area contributed by atoms with Gasteiger partial charge in [-0.2, -0.15) is 0 Å². The third kappa shape index (κ3) is 2.13. The topological polar surface area (TPSA) is 63.3 Å². The van der Waals surface area contributed by atoms with Crippen molar-refractivity contribution >= 4 is 21.9 Å². The second-order valence-corrected chi connectivity index (χ2v) is 5.02. The van der Waals surface area contributed by atoms with Gasteiger partial charge in [0.05, 0.1) is 0 Å². The zero-order chi connectivity index (χ0) is 11.7. The molecular formula is C12H14BrNO2. The number of carbonyl (C=O) groups is 1. The Morgan fingerprint density at radius 1 is 1.38 bits per heavy atom. The molecule has 1 aliphatic rings. The molecule has 3 N–H and O–H groups in total. The minimum atomic E-state index is -0.984. The maximum absolute atomic E-state index is 10.8. The minimum Gasteiger partial charge on any atom is -0.480 e. The summed E-state index contributed by atoms with van der Waals surface area (Å²) in [5, 5.41) is 8.89. The Morgan fingerprint density at radius 3 is 2.75 bits per heavy atom. The number of nitrogens with two attached hydrogens (primary N) is 1. The lowest BCUT2D eigenvalue weighted by Crippen LogP contribution is -2.21.